The van der Waals surface area contributed by atoms with Crippen molar-refractivity contribution in [2.75, 3.05) is 12.4 Å². The number of aliphatic hydroxyl groups excluding tert-OH is 1. The first-order valence-corrected chi connectivity index (χ1v) is 8.87. The maximum absolute atomic E-state index is 12.4. The first kappa shape index (κ1) is 15.8. The normalized spacial score (nSPS) is 17.4. The maximum atomic E-state index is 12.4. The van der Waals surface area contributed by atoms with Crippen molar-refractivity contribution in [3.63, 3.8) is 0 Å². The first-order valence-electron chi connectivity index (χ1n) is 8.05. The Morgan fingerprint density at radius 3 is 2.72 bits per heavy atom. The van der Waals surface area contributed by atoms with Crippen LogP contribution in [0.4, 0.5) is 5.69 Å². The molecule has 25 heavy (non-hydrogen) atoms. The van der Waals surface area contributed by atoms with Crippen molar-refractivity contribution in [3.8, 4) is 0 Å². The van der Waals surface area contributed by atoms with E-state index in [1.807, 2.05) is 48.6 Å². The van der Waals surface area contributed by atoms with Gasteiger partial charge in [-0.25, -0.2) is 0 Å². The van der Waals surface area contributed by atoms with Crippen LogP contribution < -0.4 is 5.32 Å². The van der Waals surface area contributed by atoms with Crippen molar-refractivity contribution in [1.82, 2.24) is 0 Å². The molecule has 4 rings (SSSR count). The summed E-state index contributed by atoms with van der Waals surface area (Å²) in [5.41, 5.74) is 1.67. The van der Waals surface area contributed by atoms with Crippen LogP contribution >= 0.6 is 11.8 Å². The van der Waals surface area contributed by atoms with Gasteiger partial charge in [0, 0.05) is 11.3 Å². The summed E-state index contributed by atoms with van der Waals surface area (Å²) < 4.78 is 5.27. The van der Waals surface area contributed by atoms with E-state index in [0.29, 0.717) is 4.91 Å². The van der Waals surface area contributed by atoms with E-state index in [0.717, 1.165) is 45.5 Å². The molecule has 5 heteroatoms. The quantitative estimate of drug-likeness (QED) is 0.807. The smallest absolute Gasteiger partial charge is 0.291 e. The molecule has 0 atom stereocenters. The van der Waals surface area contributed by atoms with E-state index in [-0.39, 0.29) is 5.76 Å². The fourth-order valence-corrected chi connectivity index (χ4v) is 4.30. The summed E-state index contributed by atoms with van der Waals surface area (Å²) in [6.45, 7) is 0. The van der Waals surface area contributed by atoms with Gasteiger partial charge in [-0.2, -0.15) is 0 Å². The zero-order chi connectivity index (χ0) is 17.4. The van der Waals surface area contributed by atoms with Crippen molar-refractivity contribution in [3.05, 3.63) is 70.5 Å². The van der Waals surface area contributed by atoms with Gasteiger partial charge in [-0.3, -0.25) is 4.79 Å². The molecule has 0 bridgehead atoms. The number of allylic oxidation sites excluding steroid dienone is 4. The van der Waals surface area contributed by atoms with Crippen LogP contribution in [0.1, 0.15) is 12.8 Å². The lowest BCUT2D eigenvalue weighted by molar-refractivity contribution is -0.115. The van der Waals surface area contributed by atoms with Gasteiger partial charge in [-0.05, 0) is 34.9 Å². The van der Waals surface area contributed by atoms with Crippen LogP contribution in [0, 0.1) is 0 Å². The molecule has 2 aromatic rings. The van der Waals surface area contributed by atoms with Crippen LogP contribution in [-0.2, 0) is 9.53 Å². The van der Waals surface area contributed by atoms with Crippen LogP contribution in [0.2, 0.25) is 0 Å². The molecule has 0 fully saturated rings. The number of hydrogen-bond donors (Lipinski definition) is 2. The lowest BCUT2D eigenvalue weighted by Gasteiger charge is -2.17. The number of carbonyl (C=O) groups excluding carboxylic acids is 1. The number of fused-ring (bicyclic) bond motifs is 3. The molecule has 2 N–H and O–H groups in total. The van der Waals surface area contributed by atoms with Gasteiger partial charge in [0.2, 0.25) is 0 Å². The Hall–Kier alpha value is -2.66. The average Bonchev–Trinajstić information content (AvgIpc) is 2.79. The zero-order valence-corrected chi connectivity index (χ0v) is 14.5. The lowest BCUT2D eigenvalue weighted by atomic mass is 10.0. The Bertz CT molecular complexity index is 972. The largest absolute Gasteiger partial charge is 0.502 e. The number of methoxy groups -OCH3 is 1. The molecule has 2 aliphatic rings. The predicted molar refractivity (Wildman–Crippen MR) is 100 cm³/mol. The summed E-state index contributed by atoms with van der Waals surface area (Å²) in [7, 11) is 1.65. The molecular formula is C20H17NO3S. The van der Waals surface area contributed by atoms with E-state index >= 15 is 0 Å². The van der Waals surface area contributed by atoms with Gasteiger partial charge in [0.15, 0.2) is 5.76 Å². The van der Waals surface area contributed by atoms with E-state index in [4.69, 9.17) is 4.74 Å². The molecule has 0 spiro atoms. The summed E-state index contributed by atoms with van der Waals surface area (Å²) in [6.07, 6.45) is 5.29. The summed E-state index contributed by atoms with van der Waals surface area (Å²) >= 11 is 1.44. The number of rotatable bonds is 2. The van der Waals surface area contributed by atoms with Crippen molar-refractivity contribution in [2.45, 2.75) is 17.7 Å². The van der Waals surface area contributed by atoms with Crippen molar-refractivity contribution in [2.24, 2.45) is 0 Å². The van der Waals surface area contributed by atoms with Gasteiger partial charge in [0.1, 0.15) is 0 Å². The fourth-order valence-electron chi connectivity index (χ4n) is 3.08. The number of ether oxygens (including phenoxy) is 1. The maximum Gasteiger partial charge on any atom is 0.291 e. The van der Waals surface area contributed by atoms with Crippen LogP contribution in [0.3, 0.4) is 0 Å². The number of benzene rings is 2. The minimum absolute atomic E-state index is 0.231. The molecule has 0 saturated carbocycles. The van der Waals surface area contributed by atoms with Gasteiger partial charge in [-0.15, -0.1) is 0 Å². The Morgan fingerprint density at radius 1 is 1.12 bits per heavy atom. The van der Waals surface area contributed by atoms with E-state index in [2.05, 4.69) is 5.32 Å². The third kappa shape index (κ3) is 2.81. The van der Waals surface area contributed by atoms with Gasteiger partial charge < -0.3 is 15.2 Å². The second-order valence-electron chi connectivity index (χ2n) is 5.93. The van der Waals surface area contributed by atoms with Gasteiger partial charge >= 0.3 is 0 Å². The highest BCUT2D eigenvalue weighted by molar-refractivity contribution is 8.03. The number of thioether (sulfide) groups is 1. The molecule has 1 aliphatic heterocycles. The third-order valence-electron chi connectivity index (χ3n) is 4.43. The Kier molecular flexibility index (Phi) is 4.01. The average molecular weight is 351 g/mol. The molecule has 4 nitrogen and oxygen atoms in total. The summed E-state index contributed by atoms with van der Waals surface area (Å²) in [6, 6.07) is 11.9. The second kappa shape index (κ2) is 6.33. The minimum atomic E-state index is -0.473. The van der Waals surface area contributed by atoms with Crippen molar-refractivity contribution >= 4 is 34.1 Å². The molecule has 0 radical (unpaired) electrons. The highest BCUT2D eigenvalue weighted by Crippen LogP contribution is 2.45. The SMILES string of the molecule is COC1=CC=C(C2=C(O)C(=O)Nc3ccc4ccccc4c3S2)CC1. The van der Waals surface area contributed by atoms with E-state index in [1.165, 1.54) is 11.8 Å². The van der Waals surface area contributed by atoms with Crippen molar-refractivity contribution < 1.29 is 14.6 Å². The topological polar surface area (TPSA) is 58.6 Å². The fraction of sp³-hybridized carbons (Fsp3) is 0.150. The monoisotopic (exact) mass is 351 g/mol. The Morgan fingerprint density at radius 2 is 1.96 bits per heavy atom. The van der Waals surface area contributed by atoms with E-state index in [1.54, 1.807) is 7.11 Å². The summed E-state index contributed by atoms with van der Waals surface area (Å²) in [4.78, 5) is 13.9. The molecule has 1 heterocycles. The number of amides is 1. The van der Waals surface area contributed by atoms with Gasteiger partial charge in [-0.1, -0.05) is 48.2 Å². The van der Waals surface area contributed by atoms with Crippen LogP contribution in [0.25, 0.3) is 10.8 Å². The standard InChI is InChI=1S/C20H17NO3S/c1-24-14-9-6-13(7-10-14)18-17(22)20(23)21-16-11-8-12-4-2-3-5-15(12)19(16)25-18/h2-6,8-9,11,22H,7,10H2,1H3,(H,21,23). The van der Waals surface area contributed by atoms with Gasteiger partial charge in [0.25, 0.3) is 5.91 Å². The Balaban J connectivity index is 1.85. The molecule has 1 amide bonds. The summed E-state index contributed by atoms with van der Waals surface area (Å²) in [5.74, 6) is 0.197. The zero-order valence-electron chi connectivity index (χ0n) is 13.7. The van der Waals surface area contributed by atoms with Crippen LogP contribution in [0.5, 0.6) is 0 Å². The molecule has 0 unspecified atom stereocenters. The number of anilines is 1. The number of aliphatic hydroxyl groups is 1. The molecular weight excluding hydrogens is 334 g/mol. The van der Waals surface area contributed by atoms with E-state index < -0.39 is 5.91 Å². The Labute approximate surface area is 149 Å². The third-order valence-corrected chi connectivity index (χ3v) is 5.73. The first-order chi connectivity index (χ1) is 12.2. The molecule has 126 valence electrons. The molecule has 2 aromatic carbocycles. The molecule has 0 saturated heterocycles. The van der Waals surface area contributed by atoms with Crippen LogP contribution in [0.15, 0.2) is 75.4 Å². The van der Waals surface area contributed by atoms with E-state index in [9.17, 15) is 9.90 Å². The number of carbonyl (C=O) groups is 1. The van der Waals surface area contributed by atoms with Gasteiger partial charge in [0.05, 0.1) is 23.5 Å². The molecule has 0 aromatic heterocycles. The number of nitrogens with one attached hydrogen (secondary N) is 1. The van der Waals surface area contributed by atoms with Crippen LogP contribution in [-0.4, -0.2) is 18.1 Å². The minimum Gasteiger partial charge on any atom is -0.502 e. The highest BCUT2D eigenvalue weighted by atomic mass is 32.2. The second-order valence-corrected chi connectivity index (χ2v) is 6.95. The molecule has 1 aliphatic carbocycles. The number of hydrogen-bond acceptors (Lipinski definition) is 4. The summed E-state index contributed by atoms with van der Waals surface area (Å²) in [5, 5.41) is 15.5. The predicted octanol–water partition coefficient (Wildman–Crippen LogP) is 4.90. The highest BCUT2D eigenvalue weighted by Gasteiger charge is 2.26. The van der Waals surface area contributed by atoms with Crippen molar-refractivity contribution in [1.29, 1.82) is 0 Å². The lowest BCUT2D eigenvalue weighted by Crippen LogP contribution is -2.14.